The maximum absolute atomic E-state index is 12.7. The molecule has 9 heteroatoms. The lowest BCUT2D eigenvalue weighted by Crippen LogP contribution is -2.51. The second-order valence-electron chi connectivity index (χ2n) is 7.26. The summed E-state index contributed by atoms with van der Waals surface area (Å²) >= 11 is 12.1. The molecule has 1 aliphatic rings. The van der Waals surface area contributed by atoms with Gasteiger partial charge in [-0.2, -0.15) is 0 Å². The molecule has 2 aromatic heterocycles. The molecule has 1 amide bonds. The van der Waals surface area contributed by atoms with Crippen molar-refractivity contribution in [3.05, 3.63) is 46.8 Å². The van der Waals surface area contributed by atoms with E-state index in [2.05, 4.69) is 30.5 Å². The second kappa shape index (κ2) is 8.47. The number of nitrogens with one attached hydrogen (secondary N) is 3. The molecule has 1 aliphatic heterocycles. The van der Waals surface area contributed by atoms with Crippen molar-refractivity contribution >= 4 is 51.6 Å². The predicted molar refractivity (Wildman–Crippen MR) is 117 cm³/mol. The Balaban J connectivity index is 1.40. The molecule has 1 aromatic carbocycles. The van der Waals surface area contributed by atoms with E-state index in [4.69, 9.17) is 23.2 Å². The van der Waals surface area contributed by atoms with Crippen LogP contribution < -0.4 is 15.5 Å². The molecule has 0 radical (unpaired) electrons. The van der Waals surface area contributed by atoms with Crippen LogP contribution in [0.2, 0.25) is 10.0 Å². The van der Waals surface area contributed by atoms with Crippen LogP contribution in [-0.2, 0) is 4.79 Å². The third-order valence-electron chi connectivity index (χ3n) is 5.04. The number of aromatic nitrogens is 3. The molecule has 29 heavy (non-hydrogen) atoms. The summed E-state index contributed by atoms with van der Waals surface area (Å²) in [7, 11) is 0. The van der Waals surface area contributed by atoms with Gasteiger partial charge in [-0.25, -0.2) is 9.97 Å². The fourth-order valence-corrected chi connectivity index (χ4v) is 4.20. The van der Waals surface area contributed by atoms with Gasteiger partial charge >= 0.3 is 0 Å². The standard InChI is InChI=1S/C20H22Cl2N6O/c1-12(26-16-8-13(21)7-14(22)9-16)20(29)27-15-3-2-6-28(10-15)19-17-4-5-23-18(17)24-11-25-19/h4-5,7-9,11-12,15,26H,2-3,6,10H2,1H3,(H,27,29)(H,23,24,25)/t12-,15-/m1/s1. The summed E-state index contributed by atoms with van der Waals surface area (Å²) in [5.74, 6) is 0.831. The van der Waals surface area contributed by atoms with Gasteiger partial charge in [-0.1, -0.05) is 23.2 Å². The van der Waals surface area contributed by atoms with E-state index in [9.17, 15) is 4.79 Å². The monoisotopic (exact) mass is 432 g/mol. The van der Waals surface area contributed by atoms with Crippen molar-refractivity contribution in [1.29, 1.82) is 0 Å². The van der Waals surface area contributed by atoms with E-state index in [1.165, 1.54) is 0 Å². The van der Waals surface area contributed by atoms with Crippen LogP contribution in [0.3, 0.4) is 0 Å². The number of benzene rings is 1. The molecule has 152 valence electrons. The normalized spacial score (nSPS) is 17.9. The van der Waals surface area contributed by atoms with E-state index >= 15 is 0 Å². The van der Waals surface area contributed by atoms with Gasteiger partial charge in [-0.3, -0.25) is 4.79 Å². The van der Waals surface area contributed by atoms with Gasteiger partial charge in [0.2, 0.25) is 5.91 Å². The zero-order valence-electron chi connectivity index (χ0n) is 16.0. The topological polar surface area (TPSA) is 85.9 Å². The molecular formula is C20H22Cl2N6O. The maximum Gasteiger partial charge on any atom is 0.242 e. The maximum atomic E-state index is 12.7. The number of rotatable bonds is 5. The van der Waals surface area contributed by atoms with Crippen LogP contribution in [0.4, 0.5) is 11.5 Å². The molecule has 3 heterocycles. The van der Waals surface area contributed by atoms with E-state index in [0.717, 1.165) is 36.2 Å². The molecule has 3 N–H and O–H groups in total. The quantitative estimate of drug-likeness (QED) is 0.569. The Kier molecular flexibility index (Phi) is 5.78. The fraction of sp³-hybridized carbons (Fsp3) is 0.350. The van der Waals surface area contributed by atoms with Gasteiger partial charge in [0, 0.05) is 41.1 Å². The summed E-state index contributed by atoms with van der Waals surface area (Å²) < 4.78 is 0. The molecule has 1 fully saturated rings. The van der Waals surface area contributed by atoms with Crippen molar-refractivity contribution in [1.82, 2.24) is 20.3 Å². The number of halogens is 2. The zero-order chi connectivity index (χ0) is 20.4. The van der Waals surface area contributed by atoms with Gasteiger partial charge < -0.3 is 20.5 Å². The average Bonchev–Trinajstić information content (AvgIpc) is 3.16. The first-order valence-corrected chi connectivity index (χ1v) is 10.3. The molecule has 2 atom stereocenters. The van der Waals surface area contributed by atoms with Crippen LogP contribution in [0, 0.1) is 0 Å². The molecular weight excluding hydrogens is 411 g/mol. The summed E-state index contributed by atoms with van der Waals surface area (Å²) in [6.45, 7) is 3.43. The number of carbonyl (C=O) groups is 1. The summed E-state index contributed by atoms with van der Waals surface area (Å²) in [4.78, 5) is 26.8. The van der Waals surface area contributed by atoms with E-state index in [1.54, 1.807) is 24.5 Å². The smallest absolute Gasteiger partial charge is 0.242 e. The Labute approximate surface area is 178 Å². The van der Waals surface area contributed by atoms with Crippen LogP contribution in [0.1, 0.15) is 19.8 Å². The Morgan fingerprint density at radius 2 is 2.07 bits per heavy atom. The van der Waals surface area contributed by atoms with Crippen LogP contribution in [0.15, 0.2) is 36.8 Å². The first-order chi connectivity index (χ1) is 14.0. The van der Waals surface area contributed by atoms with Crippen molar-refractivity contribution < 1.29 is 4.79 Å². The Morgan fingerprint density at radius 1 is 1.28 bits per heavy atom. The molecule has 3 aromatic rings. The lowest BCUT2D eigenvalue weighted by molar-refractivity contribution is -0.122. The van der Waals surface area contributed by atoms with E-state index in [-0.39, 0.29) is 11.9 Å². The molecule has 0 saturated carbocycles. The van der Waals surface area contributed by atoms with Crippen LogP contribution in [0.25, 0.3) is 11.0 Å². The van der Waals surface area contributed by atoms with Crippen molar-refractivity contribution in [2.24, 2.45) is 0 Å². The van der Waals surface area contributed by atoms with Gasteiger partial charge in [0.1, 0.15) is 23.8 Å². The minimum atomic E-state index is -0.421. The number of aromatic amines is 1. The van der Waals surface area contributed by atoms with Gasteiger partial charge in [-0.15, -0.1) is 0 Å². The molecule has 4 rings (SSSR count). The molecule has 0 aliphatic carbocycles. The summed E-state index contributed by atoms with van der Waals surface area (Å²) in [5.41, 5.74) is 1.53. The highest BCUT2D eigenvalue weighted by Crippen LogP contribution is 2.25. The highest BCUT2D eigenvalue weighted by molar-refractivity contribution is 6.35. The summed E-state index contributed by atoms with van der Waals surface area (Å²) in [6, 6.07) is 6.76. The lowest BCUT2D eigenvalue weighted by atomic mass is 10.0. The van der Waals surface area contributed by atoms with Gasteiger partial charge in [-0.05, 0) is 44.0 Å². The molecule has 0 unspecified atom stereocenters. The SMILES string of the molecule is C[C@@H](Nc1cc(Cl)cc(Cl)c1)C(=O)N[C@@H]1CCCN(c2ncnc3[nH]ccc23)C1. The van der Waals surface area contributed by atoms with Crippen molar-refractivity contribution in [2.75, 3.05) is 23.3 Å². The first kappa shape index (κ1) is 19.8. The highest BCUT2D eigenvalue weighted by atomic mass is 35.5. The average molecular weight is 433 g/mol. The number of fused-ring (bicyclic) bond motifs is 1. The number of carbonyl (C=O) groups excluding carboxylic acids is 1. The second-order valence-corrected chi connectivity index (χ2v) is 8.13. The minimum absolute atomic E-state index is 0.0485. The third-order valence-corrected chi connectivity index (χ3v) is 5.48. The van der Waals surface area contributed by atoms with Crippen LogP contribution in [0.5, 0.6) is 0 Å². The lowest BCUT2D eigenvalue weighted by Gasteiger charge is -2.34. The Morgan fingerprint density at radius 3 is 2.86 bits per heavy atom. The number of amides is 1. The molecule has 7 nitrogen and oxygen atoms in total. The number of anilines is 2. The first-order valence-electron chi connectivity index (χ1n) is 9.55. The van der Waals surface area contributed by atoms with Crippen molar-refractivity contribution in [3.8, 4) is 0 Å². The Hall–Kier alpha value is -2.51. The van der Waals surface area contributed by atoms with E-state index in [0.29, 0.717) is 22.3 Å². The predicted octanol–water partition coefficient (Wildman–Crippen LogP) is 3.85. The number of H-pyrrole nitrogens is 1. The number of piperidine rings is 1. The number of hydrogen-bond donors (Lipinski definition) is 3. The number of nitrogens with zero attached hydrogens (tertiary/aromatic N) is 3. The molecule has 0 spiro atoms. The number of hydrogen-bond acceptors (Lipinski definition) is 5. The fourth-order valence-electron chi connectivity index (χ4n) is 3.68. The van der Waals surface area contributed by atoms with Gasteiger partial charge in [0.05, 0.1) is 5.39 Å². The van der Waals surface area contributed by atoms with Crippen LogP contribution in [-0.4, -0.2) is 46.0 Å². The molecule has 1 saturated heterocycles. The largest absolute Gasteiger partial charge is 0.374 e. The van der Waals surface area contributed by atoms with E-state index in [1.807, 2.05) is 19.2 Å². The zero-order valence-corrected chi connectivity index (χ0v) is 17.5. The Bertz CT molecular complexity index is 1000. The van der Waals surface area contributed by atoms with Crippen molar-refractivity contribution in [3.63, 3.8) is 0 Å². The van der Waals surface area contributed by atoms with Crippen molar-refractivity contribution in [2.45, 2.75) is 31.8 Å². The third kappa shape index (κ3) is 4.57. The minimum Gasteiger partial charge on any atom is -0.374 e. The van der Waals surface area contributed by atoms with Gasteiger partial charge in [0.25, 0.3) is 0 Å². The summed E-state index contributed by atoms with van der Waals surface area (Å²) in [6.07, 6.45) is 5.34. The van der Waals surface area contributed by atoms with Gasteiger partial charge in [0.15, 0.2) is 0 Å². The van der Waals surface area contributed by atoms with E-state index < -0.39 is 6.04 Å². The van der Waals surface area contributed by atoms with Crippen LogP contribution >= 0.6 is 23.2 Å². The molecule has 0 bridgehead atoms. The highest BCUT2D eigenvalue weighted by Gasteiger charge is 2.25. The summed E-state index contributed by atoms with van der Waals surface area (Å²) in [5, 5.41) is 8.35.